The van der Waals surface area contributed by atoms with Gasteiger partial charge in [0.15, 0.2) is 0 Å². The molecule has 1 unspecified atom stereocenters. The zero-order chi connectivity index (χ0) is 16.2. The summed E-state index contributed by atoms with van der Waals surface area (Å²) in [6, 6.07) is 13.2. The van der Waals surface area contributed by atoms with Gasteiger partial charge in [-0.3, -0.25) is 4.21 Å². The molecule has 0 saturated heterocycles. The molecular formula is C17H13ClFNO2S. The van der Waals surface area contributed by atoms with E-state index in [1.165, 1.54) is 18.4 Å². The zero-order valence-corrected chi connectivity index (χ0v) is 13.6. The Morgan fingerprint density at radius 1 is 1.13 bits per heavy atom. The van der Waals surface area contributed by atoms with Crippen molar-refractivity contribution in [2.24, 2.45) is 0 Å². The van der Waals surface area contributed by atoms with Gasteiger partial charge in [-0.15, -0.1) is 0 Å². The van der Waals surface area contributed by atoms with Crippen molar-refractivity contribution in [2.75, 3.05) is 0 Å². The average molecular weight is 350 g/mol. The van der Waals surface area contributed by atoms with E-state index in [4.69, 9.17) is 16.0 Å². The molecular weight excluding hydrogens is 337 g/mol. The number of hydrogen-bond acceptors (Lipinski definition) is 3. The summed E-state index contributed by atoms with van der Waals surface area (Å²) >= 11 is 5.92. The average Bonchev–Trinajstić information content (AvgIpc) is 2.96. The van der Waals surface area contributed by atoms with E-state index < -0.39 is 10.8 Å². The summed E-state index contributed by atoms with van der Waals surface area (Å²) in [6.07, 6.45) is 1.48. The van der Waals surface area contributed by atoms with Crippen LogP contribution in [-0.2, 0) is 22.3 Å². The lowest BCUT2D eigenvalue weighted by atomic mass is 10.2. The first-order valence-electron chi connectivity index (χ1n) is 6.90. The summed E-state index contributed by atoms with van der Waals surface area (Å²) in [4.78, 5) is 4.30. The molecule has 0 bridgehead atoms. The van der Waals surface area contributed by atoms with E-state index in [0.29, 0.717) is 27.9 Å². The first-order valence-corrected chi connectivity index (χ1v) is 8.76. The van der Waals surface area contributed by atoms with Gasteiger partial charge in [0.05, 0.1) is 11.4 Å². The van der Waals surface area contributed by atoms with Crippen LogP contribution in [0.3, 0.4) is 0 Å². The zero-order valence-electron chi connectivity index (χ0n) is 12.0. The maximum atomic E-state index is 12.9. The van der Waals surface area contributed by atoms with Gasteiger partial charge in [-0.25, -0.2) is 9.37 Å². The Labute approximate surface area is 140 Å². The van der Waals surface area contributed by atoms with Crippen molar-refractivity contribution in [2.45, 2.75) is 11.5 Å². The lowest BCUT2D eigenvalue weighted by molar-refractivity contribution is 0.572. The van der Waals surface area contributed by atoms with Crippen LogP contribution in [-0.4, -0.2) is 9.19 Å². The van der Waals surface area contributed by atoms with Crippen LogP contribution in [0.15, 0.2) is 59.2 Å². The molecule has 0 N–H and O–H groups in total. The molecule has 0 aliphatic carbocycles. The maximum absolute atomic E-state index is 12.9. The van der Waals surface area contributed by atoms with Crippen LogP contribution in [0.4, 0.5) is 4.39 Å². The number of rotatable bonds is 5. The molecule has 6 heteroatoms. The fraction of sp³-hybridized carbons (Fsp3) is 0.118. The van der Waals surface area contributed by atoms with Crippen molar-refractivity contribution in [3.8, 4) is 11.5 Å². The molecule has 0 aliphatic heterocycles. The van der Waals surface area contributed by atoms with Crippen LogP contribution >= 0.6 is 11.6 Å². The molecule has 23 heavy (non-hydrogen) atoms. The van der Waals surface area contributed by atoms with E-state index in [2.05, 4.69) is 4.98 Å². The molecule has 0 aliphatic rings. The SMILES string of the molecule is O=S(Cc1cccc(Cl)c1)Cc1coc(-c2ccc(F)cc2)n1. The van der Waals surface area contributed by atoms with Crippen molar-refractivity contribution in [3.63, 3.8) is 0 Å². The number of oxazole rings is 1. The van der Waals surface area contributed by atoms with E-state index in [1.807, 2.05) is 12.1 Å². The Hall–Kier alpha value is -1.98. The van der Waals surface area contributed by atoms with Gasteiger partial charge in [-0.2, -0.15) is 0 Å². The minimum atomic E-state index is -1.12. The van der Waals surface area contributed by atoms with Crippen LogP contribution < -0.4 is 0 Å². The highest BCUT2D eigenvalue weighted by Gasteiger charge is 2.10. The van der Waals surface area contributed by atoms with E-state index >= 15 is 0 Å². The largest absolute Gasteiger partial charge is 0.444 e. The van der Waals surface area contributed by atoms with Crippen molar-refractivity contribution >= 4 is 22.4 Å². The van der Waals surface area contributed by atoms with E-state index in [0.717, 1.165) is 5.56 Å². The molecule has 3 rings (SSSR count). The van der Waals surface area contributed by atoms with Gasteiger partial charge in [0.25, 0.3) is 0 Å². The number of halogens is 2. The topological polar surface area (TPSA) is 43.1 Å². The fourth-order valence-electron chi connectivity index (χ4n) is 2.13. The van der Waals surface area contributed by atoms with Crippen LogP contribution in [0.5, 0.6) is 0 Å². The van der Waals surface area contributed by atoms with Crippen molar-refractivity contribution in [1.29, 1.82) is 0 Å². The molecule has 0 fully saturated rings. The van der Waals surface area contributed by atoms with Crippen molar-refractivity contribution in [3.05, 3.63) is 76.9 Å². The third-order valence-corrected chi connectivity index (χ3v) is 4.68. The van der Waals surface area contributed by atoms with Gasteiger partial charge in [0.2, 0.25) is 5.89 Å². The monoisotopic (exact) mass is 349 g/mol. The summed E-state index contributed by atoms with van der Waals surface area (Å²) < 4.78 is 30.5. The van der Waals surface area contributed by atoms with Crippen molar-refractivity contribution < 1.29 is 13.0 Å². The molecule has 0 saturated carbocycles. The van der Waals surface area contributed by atoms with Crippen LogP contribution in [0, 0.1) is 5.82 Å². The molecule has 118 valence electrons. The second-order valence-corrected chi connectivity index (χ2v) is 6.90. The molecule has 3 aromatic rings. The van der Waals surface area contributed by atoms with E-state index in [1.54, 1.807) is 24.3 Å². The first kappa shape index (κ1) is 15.9. The van der Waals surface area contributed by atoms with Crippen LogP contribution in [0.25, 0.3) is 11.5 Å². The predicted octanol–water partition coefficient (Wildman–Crippen LogP) is 4.58. The van der Waals surface area contributed by atoms with Gasteiger partial charge >= 0.3 is 0 Å². The molecule has 2 aromatic carbocycles. The predicted molar refractivity (Wildman–Crippen MR) is 88.9 cm³/mol. The summed E-state index contributed by atoms with van der Waals surface area (Å²) in [7, 11) is -1.12. The van der Waals surface area contributed by atoms with E-state index in [-0.39, 0.29) is 11.6 Å². The number of nitrogens with zero attached hydrogens (tertiary/aromatic N) is 1. The first-order chi connectivity index (χ1) is 11.1. The smallest absolute Gasteiger partial charge is 0.226 e. The number of aromatic nitrogens is 1. The Bertz CT molecular complexity index is 833. The third-order valence-electron chi connectivity index (χ3n) is 3.17. The highest BCUT2D eigenvalue weighted by atomic mass is 35.5. The summed E-state index contributed by atoms with van der Waals surface area (Å²) in [5, 5.41) is 0.625. The Morgan fingerprint density at radius 3 is 2.65 bits per heavy atom. The van der Waals surface area contributed by atoms with Gasteiger partial charge in [-0.1, -0.05) is 23.7 Å². The highest BCUT2D eigenvalue weighted by molar-refractivity contribution is 7.83. The Kier molecular flexibility index (Phi) is 4.88. The Balaban J connectivity index is 1.66. The minimum absolute atomic E-state index is 0.289. The summed E-state index contributed by atoms with van der Waals surface area (Å²) in [5.41, 5.74) is 2.20. The van der Waals surface area contributed by atoms with Gasteiger partial charge < -0.3 is 4.42 Å². The van der Waals surface area contributed by atoms with Gasteiger partial charge in [0.1, 0.15) is 12.1 Å². The molecule has 1 heterocycles. The lowest BCUT2D eigenvalue weighted by Crippen LogP contribution is -1.99. The molecule has 0 amide bonds. The second kappa shape index (κ2) is 7.06. The van der Waals surface area contributed by atoms with Crippen molar-refractivity contribution in [1.82, 2.24) is 4.98 Å². The van der Waals surface area contributed by atoms with E-state index in [9.17, 15) is 8.60 Å². The Morgan fingerprint density at radius 2 is 1.91 bits per heavy atom. The standard InChI is InChI=1S/C17H13ClFNO2S/c18-14-3-1-2-12(8-14)10-23(21)11-16-9-22-17(20-16)13-4-6-15(19)7-5-13/h1-9H,10-11H2. The number of hydrogen-bond donors (Lipinski definition) is 0. The minimum Gasteiger partial charge on any atom is -0.444 e. The third kappa shape index (κ3) is 4.27. The summed E-state index contributed by atoms with van der Waals surface area (Å²) in [5.74, 6) is 0.763. The normalized spacial score (nSPS) is 12.3. The quantitative estimate of drug-likeness (QED) is 0.677. The lowest BCUT2D eigenvalue weighted by Gasteiger charge is -2.01. The second-order valence-electron chi connectivity index (χ2n) is 5.01. The van der Waals surface area contributed by atoms with Crippen LogP contribution in [0.1, 0.15) is 11.3 Å². The molecule has 1 atom stereocenters. The van der Waals surface area contributed by atoms with Gasteiger partial charge in [-0.05, 0) is 42.0 Å². The fourth-order valence-corrected chi connectivity index (χ4v) is 3.46. The molecule has 0 radical (unpaired) electrons. The highest BCUT2D eigenvalue weighted by Crippen LogP contribution is 2.20. The molecule has 0 spiro atoms. The van der Waals surface area contributed by atoms with Crippen LogP contribution in [0.2, 0.25) is 5.02 Å². The molecule has 1 aromatic heterocycles. The number of benzene rings is 2. The van der Waals surface area contributed by atoms with Gasteiger partial charge in [0, 0.05) is 27.1 Å². The molecule has 3 nitrogen and oxygen atoms in total. The summed E-state index contributed by atoms with van der Waals surface area (Å²) in [6.45, 7) is 0. The maximum Gasteiger partial charge on any atom is 0.226 e.